The summed E-state index contributed by atoms with van der Waals surface area (Å²) >= 11 is 0. The fraction of sp³-hybridized carbons (Fsp3) is 0. The molecule has 0 aliphatic carbocycles. The summed E-state index contributed by atoms with van der Waals surface area (Å²) in [4.78, 5) is 0. The maximum absolute atomic E-state index is 0. The molecule has 0 atom stereocenters. The fourth-order valence-electron chi connectivity index (χ4n) is 0. The van der Waals surface area contributed by atoms with Crippen LogP contribution in [-0.4, -0.2) is 17.4 Å². The van der Waals surface area contributed by atoms with Gasteiger partial charge in [0.25, 0.3) is 0 Å². The van der Waals surface area contributed by atoms with E-state index in [0.29, 0.717) is 0 Å². The summed E-state index contributed by atoms with van der Waals surface area (Å²) in [6.45, 7) is 0. The van der Waals surface area contributed by atoms with Crippen LogP contribution in [0.4, 0.5) is 0 Å². The molecular weight excluding hydrogens is 334 g/mol. The second kappa shape index (κ2) is 18.3. The van der Waals surface area contributed by atoms with E-state index in [9.17, 15) is 0 Å². The van der Waals surface area contributed by atoms with E-state index < -0.39 is 0 Å². The minimum absolute atomic E-state index is 0. The number of hydrogen-bond donors (Lipinski definition) is 0. The van der Waals surface area contributed by atoms with Crippen molar-refractivity contribution < 1.29 is 57.4 Å². The normalized spacial score (nSPS) is 0. The van der Waals surface area contributed by atoms with E-state index in [-0.39, 0.29) is 74.8 Å². The average molecular weight is 337 g/mol. The molecule has 0 nitrogen and oxygen atoms in total. The molecule has 0 aromatic rings. The van der Waals surface area contributed by atoms with E-state index >= 15 is 0 Å². The molecule has 4 heavy (non-hydrogen) atoms. The number of rotatable bonds is 0. The van der Waals surface area contributed by atoms with Crippen molar-refractivity contribution in [2.75, 3.05) is 0 Å². The molecule has 0 aromatic heterocycles. The van der Waals surface area contributed by atoms with Crippen molar-refractivity contribution in [3.05, 3.63) is 0 Å². The molecule has 0 fully saturated rings. The largest absolute Gasteiger partial charge is 0.187 e. The van der Waals surface area contributed by atoms with Gasteiger partial charge in [-0.3, -0.25) is 0 Å². The molecule has 0 bridgehead atoms. The van der Waals surface area contributed by atoms with Gasteiger partial charge in [0.2, 0.25) is 0 Å². The Bertz CT molecular complexity index is 8.00. The van der Waals surface area contributed by atoms with Gasteiger partial charge < -0.3 is 0 Å². The zero-order chi connectivity index (χ0) is 0. The standard InChI is InChI=1S/Al.Au.Ni.V.3H. The molecule has 0 heterocycles. The van der Waals surface area contributed by atoms with Gasteiger partial charge in [-0.05, 0) is 0 Å². The van der Waals surface area contributed by atoms with E-state index in [4.69, 9.17) is 0 Å². The van der Waals surface area contributed by atoms with E-state index in [1.54, 1.807) is 0 Å². The first kappa shape index (κ1) is 32.9. The van der Waals surface area contributed by atoms with Gasteiger partial charge in [-0.2, -0.15) is 0 Å². The molecule has 2 radical (unpaired) electrons. The van der Waals surface area contributed by atoms with Gasteiger partial charge in [-0.1, -0.05) is 0 Å². The predicted molar refractivity (Wildman–Crippen MR) is 9.94 cm³/mol. The van der Waals surface area contributed by atoms with Gasteiger partial charge in [0.05, 0.1) is 0 Å². The van der Waals surface area contributed by atoms with Crippen molar-refractivity contribution >= 4 is 17.4 Å². The summed E-state index contributed by atoms with van der Waals surface area (Å²) in [5.41, 5.74) is 0. The van der Waals surface area contributed by atoms with Crippen LogP contribution in [0.2, 0.25) is 0 Å². The van der Waals surface area contributed by atoms with Crippen LogP contribution in [0.25, 0.3) is 0 Å². The fourth-order valence-corrected chi connectivity index (χ4v) is 0. The van der Waals surface area contributed by atoms with Crippen LogP contribution in [-0.2, 0) is 57.4 Å². The maximum atomic E-state index is 0. The van der Waals surface area contributed by atoms with Crippen LogP contribution < -0.4 is 0 Å². The minimum atomic E-state index is 0. The Balaban J connectivity index is 0. The molecule has 32 valence electrons. The Morgan fingerprint density at radius 1 is 1.00 bits per heavy atom. The van der Waals surface area contributed by atoms with Crippen molar-refractivity contribution in [2.24, 2.45) is 0 Å². The molecule has 0 N–H and O–H groups in total. The van der Waals surface area contributed by atoms with Gasteiger partial charge in [0.1, 0.15) is 0 Å². The third-order valence-electron chi connectivity index (χ3n) is 0. The second-order valence-corrected chi connectivity index (χ2v) is 0. The summed E-state index contributed by atoms with van der Waals surface area (Å²) in [5, 5.41) is 0. The van der Waals surface area contributed by atoms with Crippen molar-refractivity contribution in [1.29, 1.82) is 0 Å². The molecular formula is H3AlAuNiV. The summed E-state index contributed by atoms with van der Waals surface area (Å²) in [6.07, 6.45) is 0. The predicted octanol–water partition coefficient (Wildman–Crippen LogP) is -1.19. The SMILES string of the molecule is [AlH3].[Au].[Ni].[V]. The van der Waals surface area contributed by atoms with Crippen LogP contribution in [0.1, 0.15) is 0 Å². The van der Waals surface area contributed by atoms with E-state index in [1.807, 2.05) is 0 Å². The van der Waals surface area contributed by atoms with Gasteiger partial charge >= 0.3 is 0 Å². The Hall–Kier alpha value is 2.35. The van der Waals surface area contributed by atoms with E-state index in [2.05, 4.69) is 0 Å². The van der Waals surface area contributed by atoms with Gasteiger partial charge in [0, 0.05) is 57.4 Å². The van der Waals surface area contributed by atoms with Crippen LogP contribution in [0.3, 0.4) is 0 Å². The van der Waals surface area contributed by atoms with Crippen LogP contribution >= 0.6 is 0 Å². The molecule has 0 aliphatic rings. The molecule has 0 saturated heterocycles. The Kier molecular flexibility index (Phi) is 151. The number of hydrogen-bond acceptors (Lipinski definition) is 0. The molecule has 0 aliphatic heterocycles. The molecule has 0 spiro atoms. The first-order chi connectivity index (χ1) is 0. The smallest absolute Gasteiger partial charge is 0 e. The molecule has 0 rings (SSSR count). The van der Waals surface area contributed by atoms with Gasteiger partial charge in [0.15, 0.2) is 17.4 Å². The van der Waals surface area contributed by atoms with Gasteiger partial charge in [-0.25, -0.2) is 0 Å². The summed E-state index contributed by atoms with van der Waals surface area (Å²) in [7, 11) is 0. The first-order valence-electron chi connectivity index (χ1n) is 0. The quantitative estimate of drug-likeness (QED) is 0.488. The van der Waals surface area contributed by atoms with Crippen molar-refractivity contribution in [3.63, 3.8) is 0 Å². The summed E-state index contributed by atoms with van der Waals surface area (Å²) in [6, 6.07) is 0. The first-order valence-corrected chi connectivity index (χ1v) is 0. The van der Waals surface area contributed by atoms with Crippen molar-refractivity contribution in [2.45, 2.75) is 0 Å². The van der Waals surface area contributed by atoms with E-state index in [0.717, 1.165) is 0 Å². The van der Waals surface area contributed by atoms with Crippen LogP contribution in [0.15, 0.2) is 0 Å². The maximum Gasteiger partial charge on any atom is 0.187 e. The molecule has 0 unspecified atom stereocenters. The van der Waals surface area contributed by atoms with E-state index in [1.165, 1.54) is 0 Å². The molecule has 4 heteroatoms. The van der Waals surface area contributed by atoms with Crippen molar-refractivity contribution in [1.82, 2.24) is 0 Å². The van der Waals surface area contributed by atoms with Crippen molar-refractivity contribution in [3.8, 4) is 0 Å². The Morgan fingerprint density at radius 2 is 1.00 bits per heavy atom. The molecule has 0 saturated carbocycles. The van der Waals surface area contributed by atoms with Crippen LogP contribution in [0, 0.1) is 0 Å². The topological polar surface area (TPSA) is 0 Å². The summed E-state index contributed by atoms with van der Waals surface area (Å²) in [5.74, 6) is 0. The minimum Gasteiger partial charge on any atom is 0 e. The monoisotopic (exact) mass is 336 g/mol. The second-order valence-electron chi connectivity index (χ2n) is 0. The zero-order valence-electron chi connectivity index (χ0n) is 1.06. The molecule has 0 amide bonds. The van der Waals surface area contributed by atoms with Crippen LogP contribution in [0.5, 0.6) is 0 Å². The Morgan fingerprint density at radius 3 is 1.00 bits per heavy atom. The third-order valence-corrected chi connectivity index (χ3v) is 0. The third kappa shape index (κ3) is 8.84. The van der Waals surface area contributed by atoms with Gasteiger partial charge in [-0.15, -0.1) is 0 Å². The summed E-state index contributed by atoms with van der Waals surface area (Å²) < 4.78 is 0. The Labute approximate surface area is 73.9 Å². The molecule has 0 aromatic carbocycles. The average Bonchev–Trinajstić information content (AvgIpc) is 0. The zero-order valence-corrected chi connectivity index (χ0v) is 5.62.